The highest BCUT2D eigenvalue weighted by molar-refractivity contribution is 14.1. The normalized spacial score (nSPS) is 25.6. The Morgan fingerprint density at radius 3 is 2.76 bits per heavy atom. The van der Waals surface area contributed by atoms with Crippen LogP contribution in [0.5, 0.6) is 0 Å². The summed E-state index contributed by atoms with van der Waals surface area (Å²) in [7, 11) is 0. The number of halogens is 1. The molecule has 1 aliphatic heterocycles. The molecule has 0 amide bonds. The molecule has 8 nitrogen and oxygen atoms in total. The molecule has 0 aromatic carbocycles. The summed E-state index contributed by atoms with van der Waals surface area (Å²) < 4.78 is 7.61. The Morgan fingerprint density at radius 1 is 1.48 bits per heavy atom. The van der Waals surface area contributed by atoms with Crippen LogP contribution in [0.2, 0.25) is 0 Å². The van der Waals surface area contributed by atoms with Gasteiger partial charge in [-0.3, -0.25) is 14.2 Å². The van der Waals surface area contributed by atoms with Gasteiger partial charge in [0.15, 0.2) is 0 Å². The molecule has 1 aromatic heterocycles. The second kappa shape index (κ2) is 6.64. The fourth-order valence-electron chi connectivity index (χ4n) is 2.07. The van der Waals surface area contributed by atoms with Crippen LogP contribution in [-0.4, -0.2) is 44.4 Å². The minimum atomic E-state index is -0.893. The van der Waals surface area contributed by atoms with Crippen LogP contribution >= 0.6 is 22.6 Å². The van der Waals surface area contributed by atoms with Crippen LogP contribution < -0.4 is 11.2 Å². The van der Waals surface area contributed by atoms with Crippen molar-refractivity contribution in [1.29, 1.82) is 0 Å². The highest BCUT2D eigenvalue weighted by Gasteiger charge is 2.35. The summed E-state index contributed by atoms with van der Waals surface area (Å²) in [6.45, 7) is -0.367. The largest absolute Gasteiger partial charge is 0.394 e. The average molecular weight is 408 g/mol. The molecule has 1 fully saturated rings. The molecule has 0 saturated carbocycles. The van der Waals surface area contributed by atoms with Gasteiger partial charge < -0.3 is 14.9 Å². The molecule has 114 valence electrons. The van der Waals surface area contributed by atoms with Gasteiger partial charge in [-0.05, 0) is 28.7 Å². The molecular formula is C12H13IN2O6. The number of rotatable bonds is 4. The van der Waals surface area contributed by atoms with Crippen LogP contribution in [0.25, 0.3) is 6.20 Å². The molecule has 0 unspecified atom stereocenters. The number of aromatic nitrogens is 2. The second-order valence-corrected chi connectivity index (χ2v) is 5.60. The van der Waals surface area contributed by atoms with E-state index < -0.39 is 29.7 Å². The zero-order chi connectivity index (χ0) is 15.6. The molecule has 21 heavy (non-hydrogen) atoms. The molecule has 2 rings (SSSR count). The van der Waals surface area contributed by atoms with Gasteiger partial charge in [-0.2, -0.15) is 0 Å². The predicted molar refractivity (Wildman–Crippen MR) is 80.7 cm³/mol. The first-order chi connectivity index (χ1) is 9.99. The number of ether oxygens (including phenoxy) is 1. The quantitative estimate of drug-likeness (QED) is 0.373. The van der Waals surface area contributed by atoms with Gasteiger partial charge in [-0.25, -0.2) is 9.36 Å². The Morgan fingerprint density at radius 2 is 2.19 bits per heavy atom. The number of aldehydes is 1. The van der Waals surface area contributed by atoms with E-state index in [0.29, 0.717) is 6.29 Å². The van der Waals surface area contributed by atoms with Crippen LogP contribution in [0.4, 0.5) is 0 Å². The van der Waals surface area contributed by atoms with Crippen molar-refractivity contribution < 1.29 is 19.7 Å². The lowest BCUT2D eigenvalue weighted by molar-refractivity contribution is -0.104. The third kappa shape index (κ3) is 3.15. The molecule has 1 aromatic rings. The van der Waals surface area contributed by atoms with Crippen LogP contribution in [0.15, 0.2) is 21.9 Å². The maximum Gasteiger partial charge on any atom is 0.337 e. The first kappa shape index (κ1) is 16.1. The van der Waals surface area contributed by atoms with Crippen LogP contribution in [-0.2, 0) is 9.53 Å². The minimum Gasteiger partial charge on any atom is -0.394 e. The smallest absolute Gasteiger partial charge is 0.337 e. The molecular weight excluding hydrogens is 395 g/mol. The van der Waals surface area contributed by atoms with Crippen LogP contribution in [0, 0.1) is 3.57 Å². The lowest BCUT2D eigenvalue weighted by atomic mass is 10.2. The van der Waals surface area contributed by atoms with Gasteiger partial charge in [0.25, 0.3) is 5.56 Å². The van der Waals surface area contributed by atoms with Crippen molar-refractivity contribution >= 4 is 35.1 Å². The fraction of sp³-hybridized carbons (Fsp3) is 0.417. The summed E-state index contributed by atoms with van der Waals surface area (Å²) in [6.07, 6.45) is 1.56. The van der Waals surface area contributed by atoms with Gasteiger partial charge in [0.2, 0.25) is 0 Å². The van der Waals surface area contributed by atoms with Crippen molar-refractivity contribution in [2.45, 2.75) is 24.9 Å². The third-order valence-electron chi connectivity index (χ3n) is 3.11. The van der Waals surface area contributed by atoms with E-state index in [1.807, 2.05) is 0 Å². The summed E-state index contributed by atoms with van der Waals surface area (Å²) in [4.78, 5) is 34.5. The van der Waals surface area contributed by atoms with E-state index in [9.17, 15) is 19.5 Å². The minimum absolute atomic E-state index is 0.122. The number of carbonyl (C=O) groups is 1. The summed E-state index contributed by atoms with van der Waals surface area (Å²) in [6, 6.07) is 0. The van der Waals surface area contributed by atoms with E-state index in [0.717, 1.165) is 21.4 Å². The zero-order valence-corrected chi connectivity index (χ0v) is 12.9. The van der Waals surface area contributed by atoms with E-state index in [4.69, 9.17) is 9.84 Å². The van der Waals surface area contributed by atoms with Crippen molar-refractivity contribution in [3.8, 4) is 0 Å². The number of allylic oxidation sites excluding steroid dienone is 1. The first-order valence-electron chi connectivity index (χ1n) is 6.09. The number of hydrogen-bond acceptors (Lipinski definition) is 6. The molecule has 1 aliphatic rings. The summed E-state index contributed by atoms with van der Waals surface area (Å²) in [5.74, 6) is 0. The number of aliphatic hydroxyl groups excluding tert-OH is 2. The van der Waals surface area contributed by atoms with Crippen molar-refractivity contribution in [1.82, 2.24) is 9.13 Å². The zero-order valence-electron chi connectivity index (χ0n) is 10.8. The Balaban J connectivity index is 2.49. The lowest BCUT2D eigenvalue weighted by Gasteiger charge is -2.16. The Kier molecular flexibility index (Phi) is 5.08. The van der Waals surface area contributed by atoms with E-state index in [2.05, 4.69) is 0 Å². The summed E-state index contributed by atoms with van der Waals surface area (Å²) >= 11 is 1.77. The topological polar surface area (TPSA) is 111 Å². The molecule has 0 aliphatic carbocycles. The molecule has 2 N–H and O–H groups in total. The Bertz CT molecular complexity index is 679. The summed E-state index contributed by atoms with van der Waals surface area (Å²) in [5, 5.41) is 18.8. The number of nitrogens with zero attached hydrogens (tertiary/aromatic N) is 2. The lowest BCUT2D eigenvalue weighted by Crippen LogP contribution is -2.40. The molecule has 3 atom stereocenters. The van der Waals surface area contributed by atoms with Crippen molar-refractivity contribution in [3.05, 3.63) is 36.7 Å². The summed E-state index contributed by atoms with van der Waals surface area (Å²) in [5.41, 5.74) is -1.23. The maximum atomic E-state index is 12.3. The third-order valence-corrected chi connectivity index (χ3v) is 3.85. The van der Waals surface area contributed by atoms with Crippen LogP contribution in [0.1, 0.15) is 12.6 Å². The molecule has 9 heteroatoms. The van der Waals surface area contributed by atoms with Gasteiger partial charge >= 0.3 is 5.69 Å². The Hall–Kier alpha value is -1.30. The average Bonchev–Trinajstić information content (AvgIpc) is 2.84. The number of aliphatic hydroxyl groups is 2. The van der Waals surface area contributed by atoms with E-state index in [-0.39, 0.29) is 16.6 Å². The first-order valence-corrected chi connectivity index (χ1v) is 7.17. The standard InChI is InChI=1S/C12H13IN2O6/c13-7-5-15(10-4-8(18)9(6-17)21-10)12(20)14(11(7)19)2-1-3-16/h1-3,5,8-10,17-18H,4,6H2/t8-,9+,10+/m0/s1. The van der Waals surface area contributed by atoms with Crippen molar-refractivity contribution in [3.63, 3.8) is 0 Å². The van der Waals surface area contributed by atoms with Gasteiger partial charge in [-0.15, -0.1) is 0 Å². The van der Waals surface area contributed by atoms with E-state index in [1.54, 1.807) is 22.6 Å². The maximum absolute atomic E-state index is 12.3. The molecule has 0 radical (unpaired) electrons. The molecule has 0 spiro atoms. The van der Waals surface area contributed by atoms with Gasteiger partial charge in [-0.1, -0.05) is 0 Å². The fourth-order valence-corrected chi connectivity index (χ4v) is 2.63. The van der Waals surface area contributed by atoms with Gasteiger partial charge in [0, 0.05) is 18.8 Å². The number of carbonyl (C=O) groups excluding carboxylic acids is 1. The number of hydrogen-bond donors (Lipinski definition) is 2. The Labute approximate surface area is 132 Å². The monoisotopic (exact) mass is 408 g/mol. The highest BCUT2D eigenvalue weighted by Crippen LogP contribution is 2.27. The van der Waals surface area contributed by atoms with Crippen molar-refractivity contribution in [2.24, 2.45) is 0 Å². The van der Waals surface area contributed by atoms with E-state index >= 15 is 0 Å². The predicted octanol–water partition coefficient (Wildman–Crippen LogP) is -1.08. The molecule has 0 bridgehead atoms. The highest BCUT2D eigenvalue weighted by atomic mass is 127. The molecule has 1 saturated heterocycles. The molecule has 2 heterocycles. The van der Waals surface area contributed by atoms with Gasteiger partial charge in [0.05, 0.1) is 16.3 Å². The SMILES string of the molecule is O=CC=Cn1c(=O)c(I)cn([C@H]2C[C@H](O)[C@@H](CO)O2)c1=O. The second-order valence-electron chi connectivity index (χ2n) is 4.43. The van der Waals surface area contributed by atoms with Gasteiger partial charge in [0.1, 0.15) is 18.6 Å². The van der Waals surface area contributed by atoms with Crippen molar-refractivity contribution in [2.75, 3.05) is 6.61 Å². The van der Waals surface area contributed by atoms with E-state index in [1.165, 1.54) is 6.20 Å². The van der Waals surface area contributed by atoms with Crippen LogP contribution in [0.3, 0.4) is 0 Å².